The van der Waals surface area contributed by atoms with E-state index in [1.54, 1.807) is 25.1 Å². The summed E-state index contributed by atoms with van der Waals surface area (Å²) in [6.07, 6.45) is 0. The van der Waals surface area contributed by atoms with Crippen LogP contribution >= 0.6 is 0 Å². The van der Waals surface area contributed by atoms with Gasteiger partial charge in [0.15, 0.2) is 17.3 Å². The molecular formula is C17H17NO5S. The summed E-state index contributed by atoms with van der Waals surface area (Å²) >= 11 is 0. The van der Waals surface area contributed by atoms with Crippen LogP contribution in [0.2, 0.25) is 0 Å². The molecule has 1 atom stereocenters. The predicted molar refractivity (Wildman–Crippen MR) is 87.7 cm³/mol. The maximum Gasteiger partial charge on any atom is 0.241 e. The minimum Gasteiger partial charge on any atom is -0.454 e. The van der Waals surface area contributed by atoms with Crippen LogP contribution in [0.5, 0.6) is 11.5 Å². The number of nitrogens with one attached hydrogen (secondary N) is 1. The van der Waals surface area contributed by atoms with E-state index in [-0.39, 0.29) is 17.5 Å². The van der Waals surface area contributed by atoms with E-state index in [4.69, 9.17) is 9.47 Å². The monoisotopic (exact) mass is 347 g/mol. The molecule has 2 aromatic carbocycles. The normalized spacial score (nSPS) is 14.4. The first-order valence-electron chi connectivity index (χ1n) is 7.40. The number of hydrogen-bond acceptors (Lipinski definition) is 5. The van der Waals surface area contributed by atoms with Crippen molar-refractivity contribution in [3.05, 3.63) is 53.6 Å². The third-order valence-electron chi connectivity index (χ3n) is 3.80. The smallest absolute Gasteiger partial charge is 0.241 e. The first-order valence-corrected chi connectivity index (χ1v) is 8.88. The zero-order valence-electron chi connectivity index (χ0n) is 13.3. The van der Waals surface area contributed by atoms with Gasteiger partial charge in [0.25, 0.3) is 0 Å². The Labute approximate surface area is 140 Å². The molecular weight excluding hydrogens is 330 g/mol. The van der Waals surface area contributed by atoms with E-state index in [2.05, 4.69) is 4.72 Å². The quantitative estimate of drug-likeness (QED) is 0.841. The van der Waals surface area contributed by atoms with Gasteiger partial charge in [-0.05, 0) is 43.7 Å². The summed E-state index contributed by atoms with van der Waals surface area (Å²) in [5.41, 5.74) is 1.24. The molecule has 0 spiro atoms. The van der Waals surface area contributed by atoms with Crippen molar-refractivity contribution in [3.63, 3.8) is 0 Å². The van der Waals surface area contributed by atoms with Crippen molar-refractivity contribution in [2.75, 3.05) is 6.79 Å². The van der Waals surface area contributed by atoms with Gasteiger partial charge in [0.05, 0.1) is 4.90 Å². The fraction of sp³-hybridized carbons (Fsp3) is 0.235. The molecule has 0 saturated carbocycles. The number of rotatable bonds is 5. The standard InChI is InChI=1S/C17H17NO5S/c1-11(14-5-8-16-17(9-14)23-10-22-16)18-24(20,21)15-6-3-13(4-7-15)12(2)19/h3-9,11,18H,10H2,1-2H3. The molecule has 1 heterocycles. The van der Waals surface area contributed by atoms with Crippen LogP contribution in [0, 0.1) is 0 Å². The van der Waals surface area contributed by atoms with Crippen LogP contribution in [-0.2, 0) is 10.0 Å². The van der Waals surface area contributed by atoms with Gasteiger partial charge in [0.1, 0.15) is 0 Å². The summed E-state index contributed by atoms with van der Waals surface area (Å²) in [5, 5.41) is 0. The highest BCUT2D eigenvalue weighted by molar-refractivity contribution is 7.89. The average Bonchev–Trinajstić information content (AvgIpc) is 3.02. The van der Waals surface area contributed by atoms with Gasteiger partial charge in [-0.15, -0.1) is 0 Å². The van der Waals surface area contributed by atoms with Crippen LogP contribution < -0.4 is 14.2 Å². The number of ether oxygens (including phenoxy) is 2. The molecule has 0 bridgehead atoms. The van der Waals surface area contributed by atoms with Crippen LogP contribution in [0.15, 0.2) is 47.4 Å². The fourth-order valence-electron chi connectivity index (χ4n) is 2.42. The lowest BCUT2D eigenvalue weighted by Crippen LogP contribution is -2.26. The molecule has 3 rings (SSSR count). The predicted octanol–water partition coefficient (Wildman–Crippen LogP) is 2.66. The lowest BCUT2D eigenvalue weighted by molar-refractivity contribution is 0.101. The van der Waals surface area contributed by atoms with Crippen molar-refractivity contribution in [2.45, 2.75) is 24.8 Å². The third-order valence-corrected chi connectivity index (χ3v) is 5.36. The number of hydrogen-bond donors (Lipinski definition) is 1. The third kappa shape index (κ3) is 3.27. The van der Waals surface area contributed by atoms with Gasteiger partial charge in [0, 0.05) is 11.6 Å². The molecule has 2 aromatic rings. The van der Waals surface area contributed by atoms with E-state index >= 15 is 0 Å². The topological polar surface area (TPSA) is 81.7 Å². The number of carbonyl (C=O) groups is 1. The maximum absolute atomic E-state index is 12.5. The highest BCUT2D eigenvalue weighted by Gasteiger charge is 2.21. The summed E-state index contributed by atoms with van der Waals surface area (Å²) in [6, 6.07) is 10.7. The van der Waals surface area contributed by atoms with Gasteiger partial charge in [-0.1, -0.05) is 18.2 Å². The summed E-state index contributed by atoms with van der Waals surface area (Å²) in [6.45, 7) is 3.35. The Morgan fingerprint density at radius 3 is 2.42 bits per heavy atom. The van der Waals surface area contributed by atoms with Gasteiger partial charge < -0.3 is 9.47 Å². The molecule has 1 aliphatic heterocycles. The van der Waals surface area contributed by atoms with Crippen molar-refractivity contribution in [1.29, 1.82) is 0 Å². The van der Waals surface area contributed by atoms with Crippen LogP contribution in [0.3, 0.4) is 0 Å². The highest BCUT2D eigenvalue weighted by Crippen LogP contribution is 2.34. The molecule has 0 amide bonds. The van der Waals surface area contributed by atoms with Crippen LogP contribution in [0.4, 0.5) is 0 Å². The van der Waals surface area contributed by atoms with E-state index < -0.39 is 16.1 Å². The summed E-state index contributed by atoms with van der Waals surface area (Å²) in [4.78, 5) is 11.4. The van der Waals surface area contributed by atoms with Crippen molar-refractivity contribution in [1.82, 2.24) is 4.72 Å². The molecule has 24 heavy (non-hydrogen) atoms. The molecule has 6 nitrogen and oxygen atoms in total. The molecule has 0 radical (unpaired) electrons. The Morgan fingerprint density at radius 1 is 1.08 bits per heavy atom. The molecule has 7 heteroatoms. The highest BCUT2D eigenvalue weighted by atomic mass is 32.2. The number of fused-ring (bicyclic) bond motifs is 1. The Balaban J connectivity index is 1.79. The summed E-state index contributed by atoms with van der Waals surface area (Å²) < 4.78 is 38.1. The van der Waals surface area contributed by atoms with E-state index in [0.29, 0.717) is 17.1 Å². The van der Waals surface area contributed by atoms with Crippen molar-refractivity contribution in [3.8, 4) is 11.5 Å². The van der Waals surface area contributed by atoms with Gasteiger partial charge in [-0.2, -0.15) is 0 Å². The second kappa shape index (κ2) is 6.26. The van der Waals surface area contributed by atoms with Crippen molar-refractivity contribution < 1.29 is 22.7 Å². The van der Waals surface area contributed by atoms with Crippen LogP contribution in [0.1, 0.15) is 35.8 Å². The summed E-state index contributed by atoms with van der Waals surface area (Å²) in [7, 11) is -3.70. The molecule has 1 unspecified atom stereocenters. The van der Waals surface area contributed by atoms with E-state index in [0.717, 1.165) is 5.56 Å². The largest absolute Gasteiger partial charge is 0.454 e. The minimum atomic E-state index is -3.70. The molecule has 0 aliphatic carbocycles. The summed E-state index contributed by atoms with van der Waals surface area (Å²) in [5.74, 6) is 1.14. The van der Waals surface area contributed by atoms with Crippen molar-refractivity contribution >= 4 is 15.8 Å². The molecule has 126 valence electrons. The Hall–Kier alpha value is -2.38. The van der Waals surface area contributed by atoms with Gasteiger partial charge in [0.2, 0.25) is 16.8 Å². The first-order chi connectivity index (χ1) is 11.4. The van der Waals surface area contributed by atoms with Crippen LogP contribution in [-0.4, -0.2) is 21.0 Å². The second-order valence-corrected chi connectivity index (χ2v) is 7.25. The van der Waals surface area contributed by atoms with Gasteiger partial charge in [-0.25, -0.2) is 13.1 Å². The Morgan fingerprint density at radius 2 is 1.75 bits per heavy atom. The van der Waals surface area contributed by atoms with Crippen molar-refractivity contribution in [2.24, 2.45) is 0 Å². The molecule has 0 saturated heterocycles. The SMILES string of the molecule is CC(=O)c1ccc(S(=O)(=O)NC(C)c2ccc3c(c2)OCO3)cc1. The zero-order valence-corrected chi connectivity index (χ0v) is 14.1. The van der Waals surface area contributed by atoms with Gasteiger partial charge >= 0.3 is 0 Å². The number of benzene rings is 2. The lowest BCUT2D eigenvalue weighted by Gasteiger charge is -2.15. The van der Waals surface area contributed by atoms with E-state index in [1.165, 1.54) is 31.2 Å². The molecule has 1 aliphatic rings. The molecule has 1 N–H and O–H groups in total. The Bertz CT molecular complexity index is 874. The number of carbonyl (C=O) groups excluding carboxylic acids is 1. The van der Waals surface area contributed by atoms with Crippen LogP contribution in [0.25, 0.3) is 0 Å². The number of Topliss-reactive ketones (excluding diaryl/α,β-unsaturated/α-hetero) is 1. The number of ketones is 1. The lowest BCUT2D eigenvalue weighted by atomic mass is 10.1. The number of sulfonamides is 1. The molecule has 0 aromatic heterocycles. The second-order valence-electron chi connectivity index (χ2n) is 5.54. The zero-order chi connectivity index (χ0) is 17.3. The minimum absolute atomic E-state index is 0.111. The van der Waals surface area contributed by atoms with E-state index in [9.17, 15) is 13.2 Å². The first kappa shape index (κ1) is 16.5. The Kier molecular flexibility index (Phi) is 4.29. The molecule has 0 fully saturated rings. The fourth-order valence-corrected chi connectivity index (χ4v) is 3.65. The van der Waals surface area contributed by atoms with E-state index in [1.807, 2.05) is 0 Å². The maximum atomic E-state index is 12.5. The van der Waals surface area contributed by atoms with Gasteiger partial charge in [-0.3, -0.25) is 4.79 Å². The average molecular weight is 347 g/mol.